The molecule has 1 aliphatic rings. The number of aliphatic imine (C=N–C) groups is 1. The second-order valence-electron chi connectivity index (χ2n) is 4.05. The smallest absolute Gasteiger partial charge is 0.294 e. The van der Waals surface area contributed by atoms with Crippen molar-refractivity contribution in [3.63, 3.8) is 0 Å². The summed E-state index contributed by atoms with van der Waals surface area (Å²) in [5.74, 6) is 0. The van der Waals surface area contributed by atoms with Gasteiger partial charge in [-0.1, -0.05) is 11.6 Å². The first-order chi connectivity index (χ1) is 7.99. The number of nitro benzene ring substituents is 1. The van der Waals surface area contributed by atoms with Crippen molar-refractivity contribution in [3.05, 3.63) is 32.8 Å². The van der Waals surface area contributed by atoms with E-state index in [9.17, 15) is 10.1 Å². The van der Waals surface area contributed by atoms with E-state index >= 15 is 0 Å². The number of nitrogens with zero attached hydrogens (tertiary/aromatic N) is 2. The van der Waals surface area contributed by atoms with Gasteiger partial charge in [0.25, 0.3) is 5.69 Å². The molecule has 0 fully saturated rings. The van der Waals surface area contributed by atoms with Crippen LogP contribution in [0.4, 0.5) is 11.4 Å². The number of hydrogen-bond acceptors (Lipinski definition) is 4. The third-order valence-corrected chi connectivity index (χ3v) is 2.88. The van der Waals surface area contributed by atoms with Crippen molar-refractivity contribution in [2.75, 3.05) is 11.9 Å². The molecule has 2 rings (SSSR count). The molecule has 1 aromatic rings. The molecule has 1 aliphatic heterocycles. The summed E-state index contributed by atoms with van der Waals surface area (Å²) in [5.41, 5.74) is 1.97. The predicted molar refractivity (Wildman–Crippen MR) is 68.3 cm³/mol. The van der Waals surface area contributed by atoms with Gasteiger partial charge in [-0.05, 0) is 19.9 Å². The Bertz CT molecular complexity index is 514. The first kappa shape index (κ1) is 11.9. The van der Waals surface area contributed by atoms with Crippen molar-refractivity contribution in [1.29, 1.82) is 0 Å². The van der Waals surface area contributed by atoms with Gasteiger partial charge in [-0.15, -0.1) is 0 Å². The molecule has 5 nitrogen and oxygen atoms in total. The van der Waals surface area contributed by atoms with Crippen LogP contribution in [0.3, 0.4) is 0 Å². The van der Waals surface area contributed by atoms with Gasteiger partial charge < -0.3 is 5.32 Å². The first-order valence-electron chi connectivity index (χ1n) is 5.25. The second-order valence-corrected chi connectivity index (χ2v) is 4.49. The van der Waals surface area contributed by atoms with Crippen LogP contribution in [0.2, 0.25) is 5.02 Å². The highest BCUT2D eigenvalue weighted by atomic mass is 35.5. The number of nitrogens with one attached hydrogen (secondary N) is 1. The molecular formula is C11H12ClN3O2. The fourth-order valence-corrected chi connectivity index (χ4v) is 2.12. The van der Waals surface area contributed by atoms with Crippen LogP contribution in [-0.2, 0) is 0 Å². The van der Waals surface area contributed by atoms with Gasteiger partial charge in [-0.25, -0.2) is 0 Å². The molecular weight excluding hydrogens is 242 g/mol. The lowest BCUT2D eigenvalue weighted by atomic mass is 10.1. The van der Waals surface area contributed by atoms with E-state index in [1.165, 1.54) is 6.07 Å². The third kappa shape index (κ3) is 2.24. The Labute approximate surface area is 104 Å². The summed E-state index contributed by atoms with van der Waals surface area (Å²) in [5, 5.41) is 14.4. The number of rotatable bonds is 1. The van der Waals surface area contributed by atoms with Crippen LogP contribution in [0.1, 0.15) is 19.4 Å². The molecule has 0 spiro atoms. The summed E-state index contributed by atoms with van der Waals surface area (Å²) < 4.78 is 0. The highest BCUT2D eigenvalue weighted by molar-refractivity contribution is 6.31. The SMILES string of the molecule is CC1=N[C@@H](C)CNc2c1cc(Cl)cc2[N+](=O)[O-]. The zero-order chi connectivity index (χ0) is 12.6. The summed E-state index contributed by atoms with van der Waals surface area (Å²) in [6, 6.07) is 3.14. The first-order valence-corrected chi connectivity index (χ1v) is 5.63. The molecule has 0 aliphatic carbocycles. The normalized spacial score (nSPS) is 18.8. The van der Waals surface area contributed by atoms with Crippen LogP contribution in [0, 0.1) is 10.1 Å². The summed E-state index contributed by atoms with van der Waals surface area (Å²) in [6.45, 7) is 4.37. The number of benzene rings is 1. The molecule has 0 saturated carbocycles. The van der Waals surface area contributed by atoms with Crippen molar-refractivity contribution in [2.24, 2.45) is 4.99 Å². The van der Waals surface area contributed by atoms with Gasteiger partial charge in [0, 0.05) is 28.9 Å². The van der Waals surface area contributed by atoms with E-state index in [1.807, 2.05) is 13.8 Å². The van der Waals surface area contributed by atoms with E-state index in [1.54, 1.807) is 6.07 Å². The number of benzodiazepines with no additional fused rings is 1. The average Bonchev–Trinajstić information content (AvgIpc) is 2.38. The van der Waals surface area contributed by atoms with Crippen LogP contribution >= 0.6 is 11.6 Å². The van der Waals surface area contributed by atoms with Crippen molar-refractivity contribution >= 4 is 28.7 Å². The lowest BCUT2D eigenvalue weighted by Crippen LogP contribution is -2.13. The monoisotopic (exact) mass is 253 g/mol. The fourth-order valence-electron chi connectivity index (χ4n) is 1.90. The van der Waals surface area contributed by atoms with Gasteiger partial charge in [0.1, 0.15) is 5.69 Å². The van der Waals surface area contributed by atoms with Gasteiger partial charge in [0.05, 0.1) is 11.0 Å². The lowest BCUT2D eigenvalue weighted by molar-refractivity contribution is -0.383. The van der Waals surface area contributed by atoms with Crippen LogP contribution in [0.5, 0.6) is 0 Å². The minimum absolute atomic E-state index is 0.00356. The van der Waals surface area contributed by atoms with Crippen LogP contribution < -0.4 is 5.32 Å². The molecule has 0 amide bonds. The third-order valence-electron chi connectivity index (χ3n) is 2.66. The zero-order valence-corrected chi connectivity index (χ0v) is 10.3. The topological polar surface area (TPSA) is 67.5 Å². The minimum Gasteiger partial charge on any atom is -0.377 e. The lowest BCUT2D eigenvalue weighted by Gasteiger charge is -2.09. The summed E-state index contributed by atoms with van der Waals surface area (Å²) in [7, 11) is 0. The molecule has 1 atom stereocenters. The average molecular weight is 254 g/mol. The molecule has 17 heavy (non-hydrogen) atoms. The molecule has 0 radical (unpaired) electrons. The Morgan fingerprint density at radius 2 is 2.29 bits per heavy atom. The molecule has 0 aromatic heterocycles. The molecule has 0 saturated heterocycles. The van der Waals surface area contributed by atoms with E-state index in [-0.39, 0.29) is 11.7 Å². The fraction of sp³-hybridized carbons (Fsp3) is 0.364. The van der Waals surface area contributed by atoms with Crippen molar-refractivity contribution in [1.82, 2.24) is 0 Å². The number of anilines is 1. The zero-order valence-electron chi connectivity index (χ0n) is 9.53. The maximum Gasteiger partial charge on any atom is 0.294 e. The second kappa shape index (κ2) is 4.33. The van der Waals surface area contributed by atoms with E-state index in [4.69, 9.17) is 11.6 Å². The standard InChI is InChI=1S/C11H12ClN3O2/c1-6-5-13-11-9(7(2)14-6)3-8(12)4-10(11)15(16)17/h3-4,6,13H,5H2,1-2H3/t6-/m0/s1. The van der Waals surface area contributed by atoms with Gasteiger partial charge in [0.15, 0.2) is 0 Å². The Morgan fingerprint density at radius 3 is 2.94 bits per heavy atom. The Balaban J connectivity index is 2.66. The van der Waals surface area contributed by atoms with E-state index in [2.05, 4.69) is 10.3 Å². The van der Waals surface area contributed by atoms with Crippen molar-refractivity contribution < 1.29 is 4.92 Å². The van der Waals surface area contributed by atoms with Crippen LogP contribution in [-0.4, -0.2) is 23.2 Å². The summed E-state index contributed by atoms with van der Waals surface area (Å²) in [4.78, 5) is 15.0. The van der Waals surface area contributed by atoms with Gasteiger partial charge in [-0.2, -0.15) is 0 Å². The minimum atomic E-state index is -0.430. The maximum atomic E-state index is 11.0. The Morgan fingerprint density at radius 1 is 1.59 bits per heavy atom. The summed E-state index contributed by atoms with van der Waals surface area (Å²) >= 11 is 5.89. The number of fused-ring (bicyclic) bond motifs is 1. The van der Waals surface area contributed by atoms with E-state index < -0.39 is 4.92 Å². The largest absolute Gasteiger partial charge is 0.377 e. The van der Waals surface area contributed by atoms with Gasteiger partial charge in [-0.3, -0.25) is 15.1 Å². The Hall–Kier alpha value is -1.62. The number of hydrogen-bond donors (Lipinski definition) is 1. The molecule has 6 heteroatoms. The Kier molecular flexibility index (Phi) is 3.02. The molecule has 1 N–H and O–H groups in total. The van der Waals surface area contributed by atoms with E-state index in [0.29, 0.717) is 22.8 Å². The van der Waals surface area contributed by atoms with Crippen molar-refractivity contribution in [3.8, 4) is 0 Å². The quantitative estimate of drug-likeness (QED) is 0.618. The van der Waals surface area contributed by atoms with Crippen LogP contribution in [0.15, 0.2) is 17.1 Å². The highest BCUT2D eigenvalue weighted by Gasteiger charge is 2.23. The van der Waals surface area contributed by atoms with Gasteiger partial charge >= 0.3 is 0 Å². The molecule has 90 valence electrons. The molecule has 1 aromatic carbocycles. The molecule has 0 unspecified atom stereocenters. The maximum absolute atomic E-state index is 11.0. The van der Waals surface area contributed by atoms with Gasteiger partial charge in [0.2, 0.25) is 0 Å². The van der Waals surface area contributed by atoms with E-state index in [0.717, 1.165) is 5.71 Å². The van der Waals surface area contributed by atoms with Crippen molar-refractivity contribution in [2.45, 2.75) is 19.9 Å². The van der Waals surface area contributed by atoms with Crippen LogP contribution in [0.25, 0.3) is 0 Å². The molecule has 1 heterocycles. The molecule has 0 bridgehead atoms. The number of nitro groups is 1. The number of halogens is 1. The summed E-state index contributed by atoms with van der Waals surface area (Å²) in [6.07, 6.45) is 0. The predicted octanol–water partition coefficient (Wildman–Crippen LogP) is 2.87. The highest BCUT2D eigenvalue weighted by Crippen LogP contribution is 2.33.